The summed E-state index contributed by atoms with van der Waals surface area (Å²) >= 11 is 0. The fraction of sp³-hybridized carbons (Fsp3) is 0.583. The number of hydrogen-bond acceptors (Lipinski definition) is 4. The minimum absolute atomic E-state index is 0. The Kier molecular flexibility index (Phi) is 14.8. The van der Waals surface area contributed by atoms with Crippen LogP contribution in [0.1, 0.15) is 76.6 Å². The number of nitrogens with zero attached hydrogens (tertiary/aromatic N) is 2. The molecule has 0 aliphatic rings. The van der Waals surface area contributed by atoms with Gasteiger partial charge in [-0.3, -0.25) is 0 Å². The van der Waals surface area contributed by atoms with E-state index in [1.54, 1.807) is 26.2 Å². The summed E-state index contributed by atoms with van der Waals surface area (Å²) in [5.41, 5.74) is 1.11. The normalized spacial score (nSPS) is 10.2. The summed E-state index contributed by atoms with van der Waals surface area (Å²) < 4.78 is 3.75. The average Bonchev–Trinajstić information content (AvgIpc) is 2.74. The molecule has 0 aliphatic heterocycles. The largest absolute Gasteiger partial charge is 2.00 e. The maximum atomic E-state index is 11.3. The summed E-state index contributed by atoms with van der Waals surface area (Å²) in [6, 6.07) is 2.71. The molecule has 31 heavy (non-hydrogen) atoms. The van der Waals surface area contributed by atoms with Crippen molar-refractivity contribution in [1.29, 1.82) is 0 Å². The third-order valence-corrected chi connectivity index (χ3v) is 5.28. The van der Waals surface area contributed by atoms with Crippen LogP contribution in [-0.4, -0.2) is 0 Å². The van der Waals surface area contributed by atoms with Gasteiger partial charge in [0.15, 0.2) is 23.8 Å². The van der Waals surface area contributed by atoms with Crippen molar-refractivity contribution < 1.29 is 46.6 Å². The fourth-order valence-electron chi connectivity index (χ4n) is 3.21. The SMILES string of the molecule is CCCCCC[n+]1ccc([O-])c([O-])c1C.CCCCCC[n+]1ccc([O-])c([O-])c1C.[Cu+2]. The van der Waals surface area contributed by atoms with Crippen molar-refractivity contribution in [2.24, 2.45) is 0 Å². The number of aromatic nitrogens is 2. The standard InChI is InChI=1S/2C12H19NO2.Cu/c2*1-3-4-5-6-8-13-9-7-11(14)12(15)10(13)2;/h2*7,9,15H,3-6,8H2,1-2H3;/q;;+2/p-2. The molecule has 0 bridgehead atoms. The Hall–Kier alpha value is -1.98. The van der Waals surface area contributed by atoms with Crippen LogP contribution in [0.5, 0.6) is 23.0 Å². The van der Waals surface area contributed by atoms with Gasteiger partial charge in [0, 0.05) is 26.7 Å². The molecule has 2 rings (SSSR count). The molecule has 0 atom stereocenters. The van der Waals surface area contributed by atoms with Gasteiger partial charge in [-0.25, -0.2) is 9.13 Å². The number of hydrogen-bond donors (Lipinski definition) is 0. The van der Waals surface area contributed by atoms with Gasteiger partial charge in [0.25, 0.3) is 0 Å². The van der Waals surface area contributed by atoms with E-state index in [1.165, 1.54) is 50.7 Å². The van der Waals surface area contributed by atoms with E-state index in [1.807, 2.05) is 9.13 Å². The van der Waals surface area contributed by atoms with Crippen LogP contribution >= 0.6 is 0 Å². The Morgan fingerprint density at radius 3 is 1.29 bits per heavy atom. The van der Waals surface area contributed by atoms with E-state index < -0.39 is 11.5 Å². The second-order valence-electron chi connectivity index (χ2n) is 7.70. The third-order valence-electron chi connectivity index (χ3n) is 5.28. The van der Waals surface area contributed by atoms with E-state index in [-0.39, 0.29) is 28.6 Å². The molecule has 0 spiro atoms. The van der Waals surface area contributed by atoms with Crippen LogP contribution in [0.15, 0.2) is 24.5 Å². The van der Waals surface area contributed by atoms with Gasteiger partial charge in [0.2, 0.25) is 0 Å². The van der Waals surface area contributed by atoms with Gasteiger partial charge < -0.3 is 20.4 Å². The monoisotopic (exact) mass is 479 g/mol. The molecule has 0 unspecified atom stereocenters. The number of aryl methyl sites for hydroxylation is 2. The molecule has 0 fully saturated rings. The Bertz CT molecular complexity index is 719. The minimum atomic E-state index is -0.405. The smallest absolute Gasteiger partial charge is 0.873 e. The fourth-order valence-corrected chi connectivity index (χ4v) is 3.21. The van der Waals surface area contributed by atoms with Crippen molar-refractivity contribution >= 4 is 0 Å². The first-order chi connectivity index (χ1) is 14.3. The quantitative estimate of drug-likeness (QED) is 0.295. The summed E-state index contributed by atoms with van der Waals surface area (Å²) in [6.45, 7) is 9.43. The Morgan fingerprint density at radius 1 is 0.613 bits per heavy atom. The molecule has 2 aromatic heterocycles. The van der Waals surface area contributed by atoms with E-state index in [0.717, 1.165) is 25.9 Å². The van der Waals surface area contributed by atoms with E-state index in [0.29, 0.717) is 11.4 Å². The van der Waals surface area contributed by atoms with E-state index >= 15 is 0 Å². The van der Waals surface area contributed by atoms with Gasteiger partial charge in [-0.05, 0) is 36.5 Å². The van der Waals surface area contributed by atoms with E-state index in [4.69, 9.17) is 0 Å². The van der Waals surface area contributed by atoms with Crippen molar-refractivity contribution in [2.45, 2.75) is 92.2 Å². The van der Waals surface area contributed by atoms with Gasteiger partial charge in [-0.1, -0.05) is 39.5 Å². The maximum absolute atomic E-state index is 11.3. The molecule has 0 saturated heterocycles. The first-order valence-corrected chi connectivity index (χ1v) is 11.1. The molecule has 0 amide bonds. The molecule has 6 nitrogen and oxygen atoms in total. The molecule has 2 aromatic rings. The van der Waals surface area contributed by atoms with Crippen LogP contribution in [0.2, 0.25) is 0 Å². The van der Waals surface area contributed by atoms with Gasteiger partial charge in [0.1, 0.15) is 13.1 Å². The summed E-state index contributed by atoms with van der Waals surface area (Å²) in [5, 5.41) is 44.8. The second-order valence-corrected chi connectivity index (χ2v) is 7.70. The van der Waals surface area contributed by atoms with Crippen LogP contribution in [0.25, 0.3) is 0 Å². The molecule has 177 valence electrons. The van der Waals surface area contributed by atoms with Gasteiger partial charge in [-0.15, -0.1) is 11.5 Å². The molecule has 2 heterocycles. The van der Waals surface area contributed by atoms with Gasteiger partial charge >= 0.3 is 17.1 Å². The molecular weight excluding hydrogens is 444 g/mol. The molecule has 0 aromatic carbocycles. The summed E-state index contributed by atoms with van der Waals surface area (Å²) in [4.78, 5) is 0. The van der Waals surface area contributed by atoms with Crippen LogP contribution in [0, 0.1) is 13.8 Å². The summed E-state index contributed by atoms with van der Waals surface area (Å²) in [6.07, 6.45) is 12.8. The number of pyridine rings is 2. The zero-order chi connectivity index (χ0) is 22.5. The second kappa shape index (κ2) is 15.8. The predicted molar refractivity (Wildman–Crippen MR) is 109 cm³/mol. The third kappa shape index (κ3) is 9.79. The van der Waals surface area contributed by atoms with Crippen LogP contribution in [-0.2, 0) is 30.2 Å². The Morgan fingerprint density at radius 2 is 0.968 bits per heavy atom. The molecular formula is C24H36CuN2O4. The number of unbranched alkanes of at least 4 members (excludes halogenated alkanes) is 6. The Labute approximate surface area is 197 Å². The van der Waals surface area contributed by atoms with Crippen molar-refractivity contribution in [2.75, 3.05) is 0 Å². The predicted octanol–water partition coefficient (Wildman–Crippen LogP) is 2.02. The molecule has 7 heteroatoms. The summed E-state index contributed by atoms with van der Waals surface area (Å²) in [5.74, 6) is -1.55. The average molecular weight is 480 g/mol. The van der Waals surface area contributed by atoms with Crippen molar-refractivity contribution in [3.05, 3.63) is 35.9 Å². The van der Waals surface area contributed by atoms with Crippen molar-refractivity contribution in [3.8, 4) is 23.0 Å². The van der Waals surface area contributed by atoms with Crippen LogP contribution in [0.4, 0.5) is 0 Å². The molecule has 1 radical (unpaired) electrons. The maximum Gasteiger partial charge on any atom is 2.00 e. The zero-order valence-corrected chi connectivity index (χ0v) is 20.2. The zero-order valence-electron chi connectivity index (χ0n) is 19.2. The first-order valence-electron chi connectivity index (χ1n) is 11.1. The van der Waals surface area contributed by atoms with Gasteiger partial charge in [0.05, 0.1) is 0 Å². The Balaban J connectivity index is 0.000000562. The van der Waals surface area contributed by atoms with Crippen LogP contribution in [0.3, 0.4) is 0 Å². The van der Waals surface area contributed by atoms with Crippen molar-refractivity contribution in [3.63, 3.8) is 0 Å². The topological polar surface area (TPSA) is 100 Å². The molecule has 0 saturated carbocycles. The van der Waals surface area contributed by atoms with Crippen molar-refractivity contribution in [1.82, 2.24) is 0 Å². The molecule has 0 N–H and O–H groups in total. The first kappa shape index (κ1) is 29.0. The van der Waals surface area contributed by atoms with Crippen LogP contribution < -0.4 is 29.6 Å². The van der Waals surface area contributed by atoms with E-state index in [2.05, 4.69) is 13.8 Å². The molecule has 0 aliphatic carbocycles. The van der Waals surface area contributed by atoms with E-state index in [9.17, 15) is 20.4 Å². The van der Waals surface area contributed by atoms with Gasteiger partial charge in [-0.2, -0.15) is 0 Å². The number of rotatable bonds is 10. The minimum Gasteiger partial charge on any atom is -0.873 e. The summed E-state index contributed by atoms with van der Waals surface area (Å²) in [7, 11) is 0.